The first-order valence-electron chi connectivity index (χ1n) is 9.43. The van der Waals surface area contributed by atoms with Gasteiger partial charge in [-0.3, -0.25) is 4.68 Å². The van der Waals surface area contributed by atoms with Crippen molar-refractivity contribution in [1.29, 1.82) is 0 Å². The van der Waals surface area contributed by atoms with Crippen LogP contribution in [0.5, 0.6) is 0 Å². The van der Waals surface area contributed by atoms with Crippen LogP contribution in [0.3, 0.4) is 0 Å². The normalized spacial score (nSPS) is 19.5. The molecule has 7 nitrogen and oxygen atoms in total. The quantitative estimate of drug-likeness (QED) is 0.720. The predicted octanol–water partition coefficient (Wildman–Crippen LogP) is 0.861. The Morgan fingerprint density at radius 3 is 2.50 bits per heavy atom. The van der Waals surface area contributed by atoms with Crippen molar-refractivity contribution in [3.63, 3.8) is 0 Å². The maximum absolute atomic E-state index is 11.8. The van der Waals surface area contributed by atoms with Gasteiger partial charge in [0, 0.05) is 11.3 Å². The molecule has 152 valence electrons. The van der Waals surface area contributed by atoms with Gasteiger partial charge in [0.1, 0.15) is 13.1 Å². The lowest BCUT2D eigenvalue weighted by molar-refractivity contribution is -0.907. The van der Waals surface area contributed by atoms with Gasteiger partial charge in [-0.05, 0) is 32.4 Å². The zero-order chi connectivity index (χ0) is 20.5. The standard InChI is InChI=1S/C20H27N3O4S/c1-14-19(15(2)23(21-14)18-9-10-28(25,26)13-18)12-22(3)11-16-5-7-17(8-6-16)20(24)27-4/h5-8,18H,9-13H2,1-4H3/p+1/t18-/m0/s1. The van der Waals surface area contributed by atoms with E-state index in [1.54, 1.807) is 12.1 Å². The van der Waals surface area contributed by atoms with Crippen molar-refractivity contribution < 1.29 is 22.8 Å². The van der Waals surface area contributed by atoms with Crippen LogP contribution < -0.4 is 4.90 Å². The second-order valence-corrected chi connectivity index (χ2v) is 9.88. The minimum atomic E-state index is -2.94. The zero-order valence-electron chi connectivity index (χ0n) is 16.9. The van der Waals surface area contributed by atoms with Gasteiger partial charge in [-0.25, -0.2) is 13.2 Å². The van der Waals surface area contributed by atoms with E-state index in [4.69, 9.17) is 4.74 Å². The molecular weight excluding hydrogens is 378 g/mol. The fraction of sp³-hybridized carbons (Fsp3) is 0.500. The molecule has 0 bridgehead atoms. The molecule has 8 heteroatoms. The summed E-state index contributed by atoms with van der Waals surface area (Å²) in [6, 6.07) is 7.40. The second kappa shape index (κ2) is 8.05. The van der Waals surface area contributed by atoms with Gasteiger partial charge < -0.3 is 9.64 Å². The first kappa shape index (κ1) is 20.5. The molecule has 2 heterocycles. The minimum Gasteiger partial charge on any atom is -0.465 e. The zero-order valence-corrected chi connectivity index (χ0v) is 17.7. The van der Waals surface area contributed by atoms with Crippen molar-refractivity contribution >= 4 is 15.8 Å². The maximum atomic E-state index is 11.8. The molecule has 0 spiro atoms. The summed E-state index contributed by atoms with van der Waals surface area (Å²) in [5.41, 5.74) is 4.87. The van der Waals surface area contributed by atoms with Crippen LogP contribution in [-0.2, 0) is 27.7 Å². The largest absolute Gasteiger partial charge is 0.465 e. The Morgan fingerprint density at radius 1 is 1.25 bits per heavy atom. The van der Waals surface area contributed by atoms with Crippen molar-refractivity contribution in [3.8, 4) is 0 Å². The lowest BCUT2D eigenvalue weighted by atomic mass is 10.1. The van der Waals surface area contributed by atoms with E-state index in [-0.39, 0.29) is 23.5 Å². The molecule has 28 heavy (non-hydrogen) atoms. The number of benzene rings is 1. The number of aryl methyl sites for hydroxylation is 1. The van der Waals surface area contributed by atoms with Gasteiger partial charge in [-0.1, -0.05) is 12.1 Å². The summed E-state index contributed by atoms with van der Waals surface area (Å²) in [5.74, 6) is 0.0988. The Hall–Kier alpha value is -2.19. The number of quaternary nitrogens is 1. The lowest BCUT2D eigenvalue weighted by Crippen LogP contribution is -3.06. The van der Waals surface area contributed by atoms with Crippen molar-refractivity contribution in [2.45, 2.75) is 39.4 Å². The van der Waals surface area contributed by atoms with Crippen molar-refractivity contribution in [2.75, 3.05) is 25.7 Å². The highest BCUT2D eigenvalue weighted by Gasteiger charge is 2.31. The van der Waals surface area contributed by atoms with E-state index >= 15 is 0 Å². The van der Waals surface area contributed by atoms with Gasteiger partial charge in [0.25, 0.3) is 0 Å². The predicted molar refractivity (Wildman–Crippen MR) is 106 cm³/mol. The average molecular weight is 407 g/mol. The summed E-state index contributed by atoms with van der Waals surface area (Å²) in [7, 11) is 0.552. The highest BCUT2D eigenvalue weighted by Crippen LogP contribution is 2.26. The molecule has 1 aromatic heterocycles. The van der Waals surface area contributed by atoms with Crippen molar-refractivity contribution in [2.24, 2.45) is 0 Å². The van der Waals surface area contributed by atoms with E-state index in [1.807, 2.05) is 30.7 Å². The Morgan fingerprint density at radius 2 is 1.93 bits per heavy atom. The third-order valence-electron chi connectivity index (χ3n) is 5.39. The van der Waals surface area contributed by atoms with Crippen LogP contribution in [0.2, 0.25) is 0 Å². The molecule has 1 saturated heterocycles. The highest BCUT2D eigenvalue weighted by atomic mass is 32.2. The van der Waals surface area contributed by atoms with E-state index in [9.17, 15) is 13.2 Å². The summed E-state index contributed by atoms with van der Waals surface area (Å²) < 4.78 is 30.3. The number of aromatic nitrogens is 2. The second-order valence-electron chi connectivity index (χ2n) is 7.65. The highest BCUT2D eigenvalue weighted by molar-refractivity contribution is 7.91. The van der Waals surface area contributed by atoms with Gasteiger partial charge in [0.05, 0.1) is 48.5 Å². The molecule has 2 atom stereocenters. The number of nitrogens with zero attached hydrogens (tertiary/aromatic N) is 2. The summed E-state index contributed by atoms with van der Waals surface area (Å²) in [5, 5.41) is 4.65. The molecule has 2 aromatic rings. The number of esters is 1. The number of ether oxygens (including phenoxy) is 1. The van der Waals surface area contributed by atoms with Crippen LogP contribution in [0, 0.1) is 13.8 Å². The molecule has 1 aliphatic rings. The third kappa shape index (κ3) is 4.44. The average Bonchev–Trinajstić information content (AvgIpc) is 3.15. The van der Waals surface area contributed by atoms with Crippen molar-refractivity contribution in [3.05, 3.63) is 52.3 Å². The molecule has 0 radical (unpaired) electrons. The molecule has 1 fully saturated rings. The summed E-state index contributed by atoms with van der Waals surface area (Å²) >= 11 is 0. The Bertz CT molecular complexity index is 964. The third-order valence-corrected chi connectivity index (χ3v) is 7.14. The number of carbonyl (C=O) groups is 1. The fourth-order valence-electron chi connectivity index (χ4n) is 3.87. The summed E-state index contributed by atoms with van der Waals surface area (Å²) in [4.78, 5) is 12.8. The fourth-order valence-corrected chi connectivity index (χ4v) is 5.56. The van der Waals surface area contributed by atoms with Crippen LogP contribution in [0.15, 0.2) is 24.3 Å². The first-order valence-corrected chi connectivity index (χ1v) is 11.3. The lowest BCUT2D eigenvalue weighted by Gasteiger charge is -2.15. The van der Waals surface area contributed by atoms with E-state index in [2.05, 4.69) is 12.1 Å². The molecular formula is C20H28N3O4S+. The molecule has 1 unspecified atom stereocenters. The molecule has 0 amide bonds. The smallest absolute Gasteiger partial charge is 0.337 e. The Kier molecular flexibility index (Phi) is 5.90. The molecule has 1 aromatic carbocycles. The van der Waals surface area contributed by atoms with Crippen LogP contribution in [0.25, 0.3) is 0 Å². The number of nitrogens with one attached hydrogen (secondary N) is 1. The molecule has 3 rings (SSSR count). The minimum absolute atomic E-state index is 0.0522. The number of hydrogen-bond donors (Lipinski definition) is 1. The van der Waals surface area contributed by atoms with Crippen LogP contribution in [-0.4, -0.2) is 49.8 Å². The van der Waals surface area contributed by atoms with Gasteiger partial charge in [-0.15, -0.1) is 0 Å². The number of carbonyl (C=O) groups excluding carboxylic acids is 1. The molecule has 0 aliphatic carbocycles. The van der Waals surface area contributed by atoms with Gasteiger partial charge >= 0.3 is 5.97 Å². The van der Waals surface area contributed by atoms with E-state index < -0.39 is 9.84 Å². The van der Waals surface area contributed by atoms with E-state index in [0.29, 0.717) is 12.0 Å². The number of methoxy groups -OCH3 is 1. The summed E-state index contributed by atoms with van der Waals surface area (Å²) in [6.07, 6.45) is 0.638. The number of sulfone groups is 1. The van der Waals surface area contributed by atoms with Crippen LogP contribution >= 0.6 is 0 Å². The maximum Gasteiger partial charge on any atom is 0.337 e. The van der Waals surface area contributed by atoms with E-state index in [0.717, 1.165) is 30.0 Å². The Labute approximate surface area is 166 Å². The SMILES string of the molecule is COC(=O)c1ccc(C[NH+](C)Cc2c(C)nn([C@H]3CCS(=O)(=O)C3)c2C)cc1. The monoisotopic (exact) mass is 406 g/mol. The topological polar surface area (TPSA) is 82.7 Å². The number of rotatable bonds is 6. The molecule has 0 saturated carbocycles. The Balaban J connectivity index is 1.69. The van der Waals surface area contributed by atoms with Crippen LogP contribution in [0.4, 0.5) is 0 Å². The van der Waals surface area contributed by atoms with Crippen LogP contribution in [0.1, 0.15) is 45.3 Å². The van der Waals surface area contributed by atoms with E-state index in [1.165, 1.54) is 17.6 Å². The molecule has 1 aliphatic heterocycles. The first-order chi connectivity index (χ1) is 13.2. The van der Waals surface area contributed by atoms with Crippen molar-refractivity contribution in [1.82, 2.24) is 9.78 Å². The number of hydrogen-bond acceptors (Lipinski definition) is 5. The molecule has 1 N–H and O–H groups in total. The van der Waals surface area contributed by atoms with Gasteiger partial charge in [0.15, 0.2) is 9.84 Å². The van der Waals surface area contributed by atoms with Gasteiger partial charge in [-0.2, -0.15) is 5.10 Å². The summed E-state index contributed by atoms with van der Waals surface area (Å²) in [6.45, 7) is 5.62. The van der Waals surface area contributed by atoms with Gasteiger partial charge in [0.2, 0.25) is 0 Å².